The van der Waals surface area contributed by atoms with E-state index >= 15 is 0 Å². The Labute approximate surface area is 112 Å². The number of fused-ring (bicyclic) bond motifs is 2. The second kappa shape index (κ2) is 4.60. The molecule has 0 saturated carbocycles. The summed E-state index contributed by atoms with van der Waals surface area (Å²) >= 11 is 0. The van der Waals surface area contributed by atoms with Crippen LogP contribution in [0.25, 0.3) is 0 Å². The number of benzene rings is 1. The lowest BCUT2D eigenvalue weighted by Gasteiger charge is -2.23. The number of aliphatic carboxylic acids is 1. The van der Waals surface area contributed by atoms with E-state index in [2.05, 4.69) is 4.90 Å². The Morgan fingerprint density at radius 1 is 1.47 bits per heavy atom. The summed E-state index contributed by atoms with van der Waals surface area (Å²) in [6.07, 6.45) is 2.83. The second-order valence-corrected chi connectivity index (χ2v) is 5.72. The van der Waals surface area contributed by atoms with Crippen LogP contribution in [0.1, 0.15) is 30.4 Å². The predicted octanol–water partition coefficient (Wildman–Crippen LogP) is 2.57. The van der Waals surface area contributed by atoms with Crippen LogP contribution in [0.4, 0.5) is 4.39 Å². The average molecular weight is 263 g/mol. The van der Waals surface area contributed by atoms with Crippen LogP contribution in [0.2, 0.25) is 0 Å². The lowest BCUT2D eigenvalue weighted by molar-refractivity contribution is -0.142. The first-order valence-corrected chi connectivity index (χ1v) is 6.80. The van der Waals surface area contributed by atoms with Crippen molar-refractivity contribution in [2.75, 3.05) is 0 Å². The summed E-state index contributed by atoms with van der Waals surface area (Å²) in [5.41, 5.74) is 2.04. The van der Waals surface area contributed by atoms with Crippen LogP contribution >= 0.6 is 0 Å². The Morgan fingerprint density at radius 2 is 2.26 bits per heavy atom. The molecule has 3 unspecified atom stereocenters. The molecule has 2 heterocycles. The van der Waals surface area contributed by atoms with Gasteiger partial charge in [-0.05, 0) is 49.4 Å². The molecule has 1 aromatic rings. The maximum absolute atomic E-state index is 13.1. The minimum atomic E-state index is -0.673. The first-order chi connectivity index (χ1) is 9.06. The van der Waals surface area contributed by atoms with Crippen molar-refractivity contribution in [1.29, 1.82) is 0 Å². The van der Waals surface area contributed by atoms with Gasteiger partial charge in [-0.15, -0.1) is 0 Å². The van der Waals surface area contributed by atoms with E-state index in [0.717, 1.165) is 36.9 Å². The summed E-state index contributed by atoms with van der Waals surface area (Å²) in [5.74, 6) is -1.11. The summed E-state index contributed by atoms with van der Waals surface area (Å²) in [4.78, 5) is 13.5. The number of halogens is 1. The van der Waals surface area contributed by atoms with E-state index in [9.17, 15) is 14.3 Å². The van der Waals surface area contributed by atoms with Gasteiger partial charge in [-0.3, -0.25) is 9.69 Å². The molecule has 0 aromatic heterocycles. The van der Waals surface area contributed by atoms with E-state index in [-0.39, 0.29) is 17.8 Å². The number of nitrogens with zero attached hydrogens (tertiary/aromatic N) is 1. The zero-order chi connectivity index (χ0) is 13.6. The predicted molar refractivity (Wildman–Crippen MR) is 69.2 cm³/mol. The quantitative estimate of drug-likeness (QED) is 0.911. The maximum Gasteiger partial charge on any atom is 0.308 e. The summed E-state index contributed by atoms with van der Waals surface area (Å²) < 4.78 is 13.1. The maximum atomic E-state index is 13.1. The molecule has 2 saturated heterocycles. The summed E-state index contributed by atoms with van der Waals surface area (Å²) in [6.45, 7) is 2.65. The van der Waals surface area contributed by atoms with Gasteiger partial charge in [0, 0.05) is 18.6 Å². The van der Waals surface area contributed by atoms with E-state index in [1.807, 2.05) is 13.0 Å². The molecule has 1 N–H and O–H groups in total. The normalized spacial score (nSPS) is 29.9. The second-order valence-electron chi connectivity index (χ2n) is 5.72. The Balaban J connectivity index is 1.79. The largest absolute Gasteiger partial charge is 0.481 e. The minimum absolute atomic E-state index is 0.159. The van der Waals surface area contributed by atoms with E-state index in [0.29, 0.717) is 6.04 Å². The van der Waals surface area contributed by atoms with Crippen LogP contribution in [-0.4, -0.2) is 28.1 Å². The summed E-state index contributed by atoms with van der Waals surface area (Å²) in [5, 5.41) is 9.23. The van der Waals surface area contributed by atoms with Crippen molar-refractivity contribution >= 4 is 5.97 Å². The highest BCUT2D eigenvalue weighted by molar-refractivity contribution is 5.71. The smallest absolute Gasteiger partial charge is 0.308 e. The molecule has 0 amide bonds. The molecule has 0 aliphatic carbocycles. The SMILES string of the molecule is Cc1cc(F)ccc1CN1C2CCC1C(C(=O)O)C2. The molecule has 1 aromatic carbocycles. The summed E-state index contributed by atoms with van der Waals surface area (Å²) in [6, 6.07) is 5.39. The fourth-order valence-electron chi connectivity index (χ4n) is 3.65. The molecular formula is C15H18FNO2. The van der Waals surface area contributed by atoms with Crippen molar-refractivity contribution in [2.24, 2.45) is 5.92 Å². The topological polar surface area (TPSA) is 40.5 Å². The number of rotatable bonds is 3. The average Bonchev–Trinajstić information content (AvgIpc) is 2.90. The molecule has 19 heavy (non-hydrogen) atoms. The van der Waals surface area contributed by atoms with Crippen LogP contribution in [0.3, 0.4) is 0 Å². The fraction of sp³-hybridized carbons (Fsp3) is 0.533. The first-order valence-electron chi connectivity index (χ1n) is 6.80. The standard InChI is InChI=1S/C15H18FNO2/c1-9-6-11(16)3-2-10(9)8-17-12-4-5-14(17)13(7-12)15(18)19/h2-3,6,12-14H,4-5,7-8H2,1H3,(H,18,19). The van der Waals surface area contributed by atoms with E-state index in [1.54, 1.807) is 6.07 Å². The van der Waals surface area contributed by atoms with Crippen molar-refractivity contribution < 1.29 is 14.3 Å². The van der Waals surface area contributed by atoms with Crippen LogP contribution in [-0.2, 0) is 11.3 Å². The van der Waals surface area contributed by atoms with E-state index in [1.165, 1.54) is 6.07 Å². The molecule has 0 radical (unpaired) electrons. The number of carbonyl (C=O) groups is 1. The highest BCUT2D eigenvalue weighted by Crippen LogP contribution is 2.42. The minimum Gasteiger partial charge on any atom is -0.481 e. The van der Waals surface area contributed by atoms with Gasteiger partial charge in [0.15, 0.2) is 0 Å². The highest BCUT2D eigenvalue weighted by atomic mass is 19.1. The first kappa shape index (κ1) is 12.6. The van der Waals surface area contributed by atoms with Gasteiger partial charge in [-0.25, -0.2) is 4.39 Å². The van der Waals surface area contributed by atoms with Crippen molar-refractivity contribution in [1.82, 2.24) is 4.90 Å². The third-order valence-electron chi connectivity index (χ3n) is 4.66. The van der Waals surface area contributed by atoms with E-state index < -0.39 is 5.97 Å². The molecule has 2 bridgehead atoms. The van der Waals surface area contributed by atoms with Crippen molar-refractivity contribution in [3.8, 4) is 0 Å². The molecule has 2 aliphatic rings. The third kappa shape index (κ3) is 2.14. The molecule has 3 nitrogen and oxygen atoms in total. The zero-order valence-electron chi connectivity index (χ0n) is 11.0. The Bertz CT molecular complexity index is 517. The van der Waals surface area contributed by atoms with Gasteiger partial charge < -0.3 is 5.11 Å². The molecule has 2 fully saturated rings. The number of hydrogen-bond donors (Lipinski definition) is 1. The molecule has 0 spiro atoms. The zero-order valence-corrected chi connectivity index (χ0v) is 11.0. The van der Waals surface area contributed by atoms with Crippen molar-refractivity contribution in [2.45, 2.75) is 44.8 Å². The van der Waals surface area contributed by atoms with Gasteiger partial charge in [-0.2, -0.15) is 0 Å². The van der Waals surface area contributed by atoms with Gasteiger partial charge in [0.1, 0.15) is 5.82 Å². The molecule has 3 rings (SSSR count). The highest BCUT2D eigenvalue weighted by Gasteiger charge is 2.48. The van der Waals surface area contributed by atoms with Crippen LogP contribution in [0, 0.1) is 18.7 Å². The van der Waals surface area contributed by atoms with Gasteiger partial charge >= 0.3 is 5.97 Å². The molecule has 4 heteroatoms. The third-order valence-corrected chi connectivity index (χ3v) is 4.66. The van der Waals surface area contributed by atoms with Crippen molar-refractivity contribution in [3.63, 3.8) is 0 Å². The van der Waals surface area contributed by atoms with Gasteiger partial charge in [-0.1, -0.05) is 6.07 Å². The van der Waals surface area contributed by atoms with Crippen molar-refractivity contribution in [3.05, 3.63) is 35.1 Å². The fourth-order valence-corrected chi connectivity index (χ4v) is 3.65. The van der Waals surface area contributed by atoms with E-state index in [4.69, 9.17) is 0 Å². The molecule has 2 aliphatic heterocycles. The lowest BCUT2D eigenvalue weighted by atomic mass is 9.89. The monoisotopic (exact) mass is 263 g/mol. The van der Waals surface area contributed by atoms with Crippen LogP contribution in [0.5, 0.6) is 0 Å². The van der Waals surface area contributed by atoms with Crippen LogP contribution < -0.4 is 0 Å². The molecule has 102 valence electrons. The molecular weight excluding hydrogens is 245 g/mol. The van der Waals surface area contributed by atoms with Gasteiger partial charge in [0.05, 0.1) is 5.92 Å². The van der Waals surface area contributed by atoms with Gasteiger partial charge in [0.25, 0.3) is 0 Å². The number of hydrogen-bond acceptors (Lipinski definition) is 2. The lowest BCUT2D eigenvalue weighted by Crippen LogP contribution is -2.32. The Kier molecular flexibility index (Phi) is 3.05. The Hall–Kier alpha value is -1.42. The number of aryl methyl sites for hydroxylation is 1. The summed E-state index contributed by atoms with van der Waals surface area (Å²) in [7, 11) is 0. The molecule has 3 atom stereocenters. The number of carboxylic acid groups (broad SMARTS) is 1. The Morgan fingerprint density at radius 3 is 2.89 bits per heavy atom. The number of carboxylic acids is 1. The van der Waals surface area contributed by atoms with Crippen LogP contribution in [0.15, 0.2) is 18.2 Å². The van der Waals surface area contributed by atoms with Gasteiger partial charge in [0.2, 0.25) is 0 Å².